The molecular formula is C15H14N2O3S. The molecular weight excluding hydrogens is 288 g/mol. The predicted octanol–water partition coefficient (Wildman–Crippen LogP) is 2.82. The molecule has 1 heterocycles. The molecule has 1 atom stereocenters. The minimum Gasteiger partial charge on any atom is -0.469 e. The second kappa shape index (κ2) is 6.95. The van der Waals surface area contributed by atoms with E-state index >= 15 is 0 Å². The van der Waals surface area contributed by atoms with E-state index in [4.69, 9.17) is 0 Å². The molecule has 0 N–H and O–H groups in total. The van der Waals surface area contributed by atoms with Gasteiger partial charge in [0.15, 0.2) is 11.7 Å². The van der Waals surface area contributed by atoms with Gasteiger partial charge >= 0.3 is 5.97 Å². The van der Waals surface area contributed by atoms with E-state index in [9.17, 15) is 14.9 Å². The van der Waals surface area contributed by atoms with Crippen molar-refractivity contribution in [2.45, 2.75) is 25.2 Å². The van der Waals surface area contributed by atoms with E-state index in [0.717, 1.165) is 10.2 Å². The third-order valence-electron chi connectivity index (χ3n) is 3.04. The van der Waals surface area contributed by atoms with Crippen molar-refractivity contribution in [2.24, 2.45) is 0 Å². The molecule has 0 unspecified atom stereocenters. The molecule has 108 valence electrons. The molecule has 0 radical (unpaired) electrons. The number of benzene rings is 1. The number of thiazole rings is 1. The van der Waals surface area contributed by atoms with Crippen LogP contribution < -0.4 is 0 Å². The smallest absolute Gasteiger partial charge is 0.305 e. The van der Waals surface area contributed by atoms with Crippen LogP contribution in [0.5, 0.6) is 0 Å². The standard InChI is InChI=1S/C15H14N2O3S/c1-20-14(19)8-4-6-12(18)10(9-16)15-17-11-5-2-3-7-13(11)21-15/h2-3,5,7,10H,4,6,8H2,1H3/t10-/m1/s1. The Morgan fingerprint density at radius 3 is 2.81 bits per heavy atom. The monoisotopic (exact) mass is 302 g/mol. The first-order valence-electron chi connectivity index (χ1n) is 6.50. The molecule has 0 saturated heterocycles. The molecule has 0 aliphatic heterocycles. The molecule has 0 spiro atoms. The summed E-state index contributed by atoms with van der Waals surface area (Å²) in [5.74, 6) is -1.42. The number of Topliss-reactive ketones (excluding diaryl/α,β-unsaturated/α-hetero) is 1. The first kappa shape index (κ1) is 15.1. The zero-order valence-electron chi connectivity index (χ0n) is 11.5. The van der Waals surface area contributed by atoms with Gasteiger partial charge in [-0.15, -0.1) is 11.3 Å². The van der Waals surface area contributed by atoms with E-state index in [-0.39, 0.29) is 24.6 Å². The number of nitriles is 1. The molecule has 1 aromatic carbocycles. The number of hydrogen-bond donors (Lipinski definition) is 0. The van der Waals surface area contributed by atoms with Crippen LogP contribution in [0.4, 0.5) is 0 Å². The van der Waals surface area contributed by atoms with Crippen molar-refractivity contribution in [3.63, 3.8) is 0 Å². The second-order valence-corrected chi connectivity index (χ2v) is 5.54. The Balaban J connectivity index is 2.06. The Morgan fingerprint density at radius 2 is 2.14 bits per heavy atom. The number of nitrogens with zero attached hydrogens (tertiary/aromatic N) is 2. The number of methoxy groups -OCH3 is 1. The van der Waals surface area contributed by atoms with Gasteiger partial charge in [-0.3, -0.25) is 9.59 Å². The van der Waals surface area contributed by atoms with Gasteiger partial charge in [-0.05, 0) is 18.6 Å². The van der Waals surface area contributed by atoms with E-state index in [1.54, 1.807) is 0 Å². The predicted molar refractivity (Wildman–Crippen MR) is 78.8 cm³/mol. The Labute approximate surface area is 126 Å². The summed E-state index contributed by atoms with van der Waals surface area (Å²) in [7, 11) is 1.31. The maximum absolute atomic E-state index is 12.1. The zero-order chi connectivity index (χ0) is 15.2. The van der Waals surface area contributed by atoms with Gasteiger partial charge in [-0.25, -0.2) is 4.98 Å². The van der Waals surface area contributed by atoms with E-state index in [1.807, 2.05) is 30.3 Å². The summed E-state index contributed by atoms with van der Waals surface area (Å²) < 4.78 is 5.47. The minimum absolute atomic E-state index is 0.170. The third-order valence-corrected chi connectivity index (χ3v) is 4.14. The Kier molecular flexibility index (Phi) is 5.01. The quantitative estimate of drug-likeness (QED) is 0.766. The fourth-order valence-corrected chi connectivity index (χ4v) is 2.97. The van der Waals surface area contributed by atoms with Crippen LogP contribution in [0.15, 0.2) is 24.3 Å². The summed E-state index contributed by atoms with van der Waals surface area (Å²) >= 11 is 1.36. The highest BCUT2D eigenvalue weighted by Gasteiger charge is 2.23. The fourth-order valence-electron chi connectivity index (χ4n) is 1.93. The van der Waals surface area contributed by atoms with Crippen molar-refractivity contribution >= 4 is 33.3 Å². The number of aromatic nitrogens is 1. The molecule has 0 bridgehead atoms. The average Bonchev–Trinajstić information content (AvgIpc) is 2.91. The summed E-state index contributed by atoms with van der Waals surface area (Å²) in [6, 6.07) is 9.53. The van der Waals surface area contributed by atoms with Crippen LogP contribution in [-0.2, 0) is 14.3 Å². The van der Waals surface area contributed by atoms with Crippen molar-refractivity contribution in [3.05, 3.63) is 29.3 Å². The third kappa shape index (κ3) is 3.64. The number of esters is 1. The van der Waals surface area contributed by atoms with Crippen molar-refractivity contribution in [3.8, 4) is 6.07 Å². The summed E-state index contributed by atoms with van der Waals surface area (Å²) in [5, 5.41) is 9.75. The van der Waals surface area contributed by atoms with Gasteiger partial charge in [0.2, 0.25) is 0 Å². The summed E-state index contributed by atoms with van der Waals surface area (Å²) in [6.07, 6.45) is 0.734. The lowest BCUT2D eigenvalue weighted by Crippen LogP contribution is -2.11. The fraction of sp³-hybridized carbons (Fsp3) is 0.333. The van der Waals surface area contributed by atoms with Crippen LogP contribution in [0.2, 0.25) is 0 Å². The number of carbonyl (C=O) groups excluding carboxylic acids is 2. The van der Waals surface area contributed by atoms with Crippen LogP contribution in [0.1, 0.15) is 30.2 Å². The lowest BCUT2D eigenvalue weighted by Gasteiger charge is -2.04. The van der Waals surface area contributed by atoms with Crippen LogP contribution in [0, 0.1) is 11.3 Å². The van der Waals surface area contributed by atoms with Gasteiger partial charge in [0, 0.05) is 12.8 Å². The van der Waals surface area contributed by atoms with E-state index < -0.39 is 5.92 Å². The summed E-state index contributed by atoms with van der Waals surface area (Å²) in [6.45, 7) is 0. The highest BCUT2D eigenvalue weighted by atomic mass is 32.1. The molecule has 0 amide bonds. The van der Waals surface area contributed by atoms with Gasteiger partial charge in [0.05, 0.1) is 23.4 Å². The molecule has 2 rings (SSSR count). The van der Waals surface area contributed by atoms with Gasteiger partial charge in [-0.1, -0.05) is 12.1 Å². The largest absolute Gasteiger partial charge is 0.469 e. The van der Waals surface area contributed by atoms with Gasteiger partial charge < -0.3 is 4.74 Å². The van der Waals surface area contributed by atoms with Crippen LogP contribution in [0.3, 0.4) is 0 Å². The molecule has 21 heavy (non-hydrogen) atoms. The minimum atomic E-state index is -0.861. The van der Waals surface area contributed by atoms with Crippen molar-refractivity contribution in [2.75, 3.05) is 7.11 Å². The summed E-state index contributed by atoms with van der Waals surface area (Å²) in [4.78, 5) is 27.5. The van der Waals surface area contributed by atoms with Crippen molar-refractivity contribution in [1.82, 2.24) is 4.98 Å². The average molecular weight is 302 g/mol. The number of fused-ring (bicyclic) bond motifs is 1. The van der Waals surface area contributed by atoms with Crippen LogP contribution in [0.25, 0.3) is 10.2 Å². The van der Waals surface area contributed by atoms with Gasteiger partial charge in [-0.2, -0.15) is 5.26 Å². The number of para-hydroxylation sites is 1. The normalized spacial score (nSPS) is 11.8. The van der Waals surface area contributed by atoms with Gasteiger partial charge in [0.1, 0.15) is 5.01 Å². The second-order valence-electron chi connectivity index (χ2n) is 4.48. The maximum Gasteiger partial charge on any atom is 0.305 e. The Hall–Kier alpha value is -2.26. The molecule has 0 saturated carbocycles. The van der Waals surface area contributed by atoms with E-state index in [1.165, 1.54) is 18.4 Å². The first-order valence-corrected chi connectivity index (χ1v) is 7.32. The number of ketones is 1. The first-order chi connectivity index (χ1) is 10.2. The molecule has 0 aliphatic carbocycles. The Bertz CT molecular complexity index is 669. The number of ether oxygens (including phenoxy) is 1. The number of carbonyl (C=O) groups is 2. The summed E-state index contributed by atoms with van der Waals surface area (Å²) in [5.41, 5.74) is 0.792. The van der Waals surface area contributed by atoms with Crippen LogP contribution >= 0.6 is 11.3 Å². The van der Waals surface area contributed by atoms with Crippen molar-refractivity contribution < 1.29 is 14.3 Å². The molecule has 0 aliphatic rings. The molecule has 2 aromatic rings. The lowest BCUT2D eigenvalue weighted by molar-refractivity contribution is -0.140. The molecule has 5 nitrogen and oxygen atoms in total. The molecule has 0 fully saturated rings. The van der Waals surface area contributed by atoms with E-state index in [0.29, 0.717) is 11.4 Å². The lowest BCUT2D eigenvalue weighted by atomic mass is 10.0. The highest BCUT2D eigenvalue weighted by Crippen LogP contribution is 2.28. The maximum atomic E-state index is 12.1. The van der Waals surface area contributed by atoms with Crippen molar-refractivity contribution in [1.29, 1.82) is 5.26 Å². The zero-order valence-corrected chi connectivity index (χ0v) is 12.4. The topological polar surface area (TPSA) is 80.0 Å². The molecule has 6 heteroatoms. The Morgan fingerprint density at radius 1 is 1.38 bits per heavy atom. The van der Waals surface area contributed by atoms with Gasteiger partial charge in [0.25, 0.3) is 0 Å². The molecule has 1 aromatic heterocycles. The SMILES string of the molecule is COC(=O)CCCC(=O)[C@@H](C#N)c1nc2ccccc2s1. The van der Waals surface area contributed by atoms with E-state index in [2.05, 4.69) is 9.72 Å². The highest BCUT2D eigenvalue weighted by molar-refractivity contribution is 7.18. The number of hydrogen-bond acceptors (Lipinski definition) is 6. The number of rotatable bonds is 6. The van der Waals surface area contributed by atoms with Crippen LogP contribution in [-0.4, -0.2) is 23.8 Å².